The van der Waals surface area contributed by atoms with Gasteiger partial charge in [-0.25, -0.2) is 0 Å². The van der Waals surface area contributed by atoms with Crippen molar-refractivity contribution in [3.8, 4) is 0 Å². The molecule has 0 fully saturated rings. The number of nitrogens with one attached hydrogen (secondary N) is 1. The maximum Gasteiger partial charge on any atom is 0.247 e. The van der Waals surface area contributed by atoms with E-state index in [1.54, 1.807) is 0 Å². The van der Waals surface area contributed by atoms with Crippen molar-refractivity contribution in [3.05, 3.63) is 35.9 Å². The lowest BCUT2D eigenvalue weighted by Gasteiger charge is -2.05. The molecule has 4 nitrogen and oxygen atoms in total. The minimum Gasteiger partial charge on any atom is -0.367 e. The summed E-state index contributed by atoms with van der Waals surface area (Å²) >= 11 is 0. The molecule has 0 atom stereocenters. The van der Waals surface area contributed by atoms with E-state index < -0.39 is 0 Å². The van der Waals surface area contributed by atoms with Crippen LogP contribution in [0.4, 0.5) is 0 Å². The number of carbonyl (C=O) groups is 1. The molecule has 1 N–H and O–H groups in total. The van der Waals surface area contributed by atoms with E-state index in [0.717, 1.165) is 5.56 Å². The van der Waals surface area contributed by atoms with E-state index in [0.29, 0.717) is 6.61 Å². The van der Waals surface area contributed by atoms with Crippen LogP contribution in [-0.2, 0) is 20.9 Å². The summed E-state index contributed by atoms with van der Waals surface area (Å²) in [5.74, 6) is -0.173. The summed E-state index contributed by atoms with van der Waals surface area (Å²) in [7, 11) is 1.52. The van der Waals surface area contributed by atoms with Crippen molar-refractivity contribution >= 4 is 5.91 Å². The number of ether oxygens (including phenoxy) is 2. The molecular weight excluding hydrogens is 194 g/mol. The van der Waals surface area contributed by atoms with Crippen molar-refractivity contribution in [2.75, 3.05) is 20.4 Å². The summed E-state index contributed by atoms with van der Waals surface area (Å²) < 4.78 is 9.90. The number of hydrogen-bond acceptors (Lipinski definition) is 3. The average Bonchev–Trinajstić information content (AvgIpc) is 2.28. The molecule has 0 unspecified atom stereocenters. The van der Waals surface area contributed by atoms with Gasteiger partial charge in [0.2, 0.25) is 5.91 Å². The third kappa shape index (κ3) is 5.15. The van der Waals surface area contributed by atoms with Crippen LogP contribution in [-0.4, -0.2) is 26.4 Å². The lowest BCUT2D eigenvalue weighted by atomic mass is 10.2. The fourth-order valence-corrected chi connectivity index (χ4v) is 1.04. The maximum absolute atomic E-state index is 11.1. The van der Waals surface area contributed by atoms with Gasteiger partial charge in [-0.2, -0.15) is 0 Å². The van der Waals surface area contributed by atoms with Gasteiger partial charge in [0.15, 0.2) is 0 Å². The van der Waals surface area contributed by atoms with E-state index in [1.807, 2.05) is 30.3 Å². The van der Waals surface area contributed by atoms with Crippen molar-refractivity contribution < 1.29 is 14.3 Å². The average molecular weight is 209 g/mol. The van der Waals surface area contributed by atoms with Crippen LogP contribution in [0.2, 0.25) is 0 Å². The molecule has 1 rings (SSSR count). The summed E-state index contributed by atoms with van der Waals surface area (Å²) in [6.07, 6.45) is 0. The van der Waals surface area contributed by atoms with Gasteiger partial charge in [-0.15, -0.1) is 0 Å². The molecule has 0 bridgehead atoms. The van der Waals surface area contributed by atoms with Crippen LogP contribution < -0.4 is 5.32 Å². The Labute approximate surface area is 89.2 Å². The molecule has 0 aliphatic rings. The van der Waals surface area contributed by atoms with Crippen molar-refractivity contribution in [2.24, 2.45) is 0 Å². The van der Waals surface area contributed by atoms with E-state index in [4.69, 9.17) is 4.74 Å². The van der Waals surface area contributed by atoms with Gasteiger partial charge in [-0.3, -0.25) is 4.79 Å². The lowest BCUT2D eigenvalue weighted by molar-refractivity contribution is -0.127. The van der Waals surface area contributed by atoms with E-state index in [9.17, 15) is 4.79 Å². The summed E-state index contributed by atoms with van der Waals surface area (Å²) in [6, 6.07) is 9.71. The van der Waals surface area contributed by atoms with Crippen LogP contribution in [0.1, 0.15) is 5.56 Å². The van der Waals surface area contributed by atoms with Crippen molar-refractivity contribution in [3.63, 3.8) is 0 Å². The molecule has 0 aliphatic carbocycles. The van der Waals surface area contributed by atoms with Crippen molar-refractivity contribution in [2.45, 2.75) is 6.61 Å². The number of methoxy groups -OCH3 is 1. The Bertz CT molecular complexity index is 287. The van der Waals surface area contributed by atoms with Gasteiger partial charge >= 0.3 is 0 Å². The number of amides is 1. The second-order valence-electron chi connectivity index (χ2n) is 3.01. The molecule has 0 aliphatic heterocycles. The van der Waals surface area contributed by atoms with Crippen LogP contribution in [0.25, 0.3) is 0 Å². The zero-order valence-electron chi connectivity index (χ0n) is 8.73. The number of carbonyl (C=O) groups excluding carboxylic acids is 1. The van der Waals surface area contributed by atoms with Crippen LogP contribution in [0.3, 0.4) is 0 Å². The fraction of sp³-hybridized carbons (Fsp3) is 0.364. The van der Waals surface area contributed by atoms with Crippen LogP contribution in [0.5, 0.6) is 0 Å². The molecule has 1 aromatic carbocycles. The lowest BCUT2D eigenvalue weighted by Crippen LogP contribution is -2.29. The first-order valence-corrected chi connectivity index (χ1v) is 4.70. The zero-order chi connectivity index (χ0) is 10.9. The highest BCUT2D eigenvalue weighted by Crippen LogP contribution is 1.99. The van der Waals surface area contributed by atoms with E-state index in [-0.39, 0.29) is 19.2 Å². The summed E-state index contributed by atoms with van der Waals surface area (Å²) in [5.41, 5.74) is 1.05. The van der Waals surface area contributed by atoms with Gasteiger partial charge in [-0.05, 0) is 5.56 Å². The highest BCUT2D eigenvalue weighted by atomic mass is 16.5. The molecule has 0 saturated heterocycles. The van der Waals surface area contributed by atoms with Gasteiger partial charge in [0.05, 0.1) is 6.61 Å². The Hall–Kier alpha value is -1.39. The highest BCUT2D eigenvalue weighted by molar-refractivity contribution is 5.76. The van der Waals surface area contributed by atoms with Gasteiger partial charge in [0, 0.05) is 7.11 Å². The fourth-order valence-electron chi connectivity index (χ4n) is 1.04. The predicted octanol–water partition coefficient (Wildman–Crippen LogP) is 0.923. The SMILES string of the molecule is COCNC(=O)COCc1ccccc1. The summed E-state index contributed by atoms with van der Waals surface area (Å²) in [6.45, 7) is 0.715. The molecule has 15 heavy (non-hydrogen) atoms. The van der Waals surface area contributed by atoms with Gasteiger partial charge in [0.1, 0.15) is 13.3 Å². The molecular formula is C11H15NO3. The zero-order valence-corrected chi connectivity index (χ0v) is 8.73. The quantitative estimate of drug-likeness (QED) is 0.709. The van der Waals surface area contributed by atoms with Gasteiger partial charge < -0.3 is 14.8 Å². The number of rotatable bonds is 6. The molecule has 4 heteroatoms. The third-order valence-corrected chi connectivity index (χ3v) is 1.76. The molecule has 0 radical (unpaired) electrons. The first kappa shape index (κ1) is 11.7. The van der Waals surface area contributed by atoms with Gasteiger partial charge in [-0.1, -0.05) is 30.3 Å². The summed E-state index contributed by atoms with van der Waals surface area (Å²) in [5, 5.41) is 2.53. The topological polar surface area (TPSA) is 47.6 Å². The second-order valence-corrected chi connectivity index (χ2v) is 3.01. The van der Waals surface area contributed by atoms with Crippen molar-refractivity contribution in [1.29, 1.82) is 0 Å². The van der Waals surface area contributed by atoms with Crippen LogP contribution >= 0.6 is 0 Å². The third-order valence-electron chi connectivity index (χ3n) is 1.76. The number of benzene rings is 1. The molecule has 0 spiro atoms. The predicted molar refractivity (Wildman–Crippen MR) is 56.1 cm³/mol. The normalized spacial score (nSPS) is 9.93. The Morgan fingerprint density at radius 1 is 1.33 bits per heavy atom. The second kappa shape index (κ2) is 6.98. The van der Waals surface area contributed by atoms with E-state index in [1.165, 1.54) is 7.11 Å². The molecule has 1 aromatic rings. The minimum absolute atomic E-state index is 0.0538. The Morgan fingerprint density at radius 3 is 2.73 bits per heavy atom. The van der Waals surface area contributed by atoms with E-state index >= 15 is 0 Å². The van der Waals surface area contributed by atoms with Crippen molar-refractivity contribution in [1.82, 2.24) is 5.32 Å². The molecule has 0 saturated carbocycles. The largest absolute Gasteiger partial charge is 0.367 e. The smallest absolute Gasteiger partial charge is 0.247 e. The first-order valence-electron chi connectivity index (χ1n) is 4.70. The number of hydrogen-bond donors (Lipinski definition) is 1. The van der Waals surface area contributed by atoms with E-state index in [2.05, 4.69) is 10.1 Å². The molecule has 82 valence electrons. The molecule has 1 amide bonds. The summed E-state index contributed by atoms with van der Waals surface area (Å²) in [4.78, 5) is 11.1. The molecule has 0 heterocycles. The Balaban J connectivity index is 2.14. The van der Waals surface area contributed by atoms with Crippen LogP contribution in [0, 0.1) is 0 Å². The molecule has 0 aromatic heterocycles. The highest BCUT2D eigenvalue weighted by Gasteiger charge is 1.99. The van der Waals surface area contributed by atoms with Gasteiger partial charge in [0.25, 0.3) is 0 Å². The Morgan fingerprint density at radius 2 is 2.07 bits per heavy atom. The first-order chi connectivity index (χ1) is 7.33. The maximum atomic E-state index is 11.1. The standard InChI is InChI=1S/C11H15NO3/c1-14-9-12-11(13)8-15-7-10-5-3-2-4-6-10/h2-6H,7-9H2,1H3,(H,12,13). The minimum atomic E-state index is -0.173. The Kier molecular flexibility index (Phi) is 5.43. The monoisotopic (exact) mass is 209 g/mol. The van der Waals surface area contributed by atoms with Crippen LogP contribution in [0.15, 0.2) is 30.3 Å².